The summed E-state index contributed by atoms with van der Waals surface area (Å²) in [5, 5.41) is 12.1. The van der Waals surface area contributed by atoms with Gasteiger partial charge in [0.05, 0.1) is 18.8 Å². The zero-order valence-electron chi connectivity index (χ0n) is 16.8. The predicted molar refractivity (Wildman–Crippen MR) is 115 cm³/mol. The second-order valence-electron chi connectivity index (χ2n) is 7.62. The zero-order valence-corrected chi connectivity index (χ0v) is 16.8. The van der Waals surface area contributed by atoms with E-state index in [4.69, 9.17) is 4.99 Å². The standard InChI is InChI=1S/C23H27N3O3/c1-16(2)14-19(23(28)29)25-21(27)15-26-13-12-24-22(17-8-4-3-5-9-17)18-10-6-7-11-20(18)26/h3-11,16,19H,12-15H2,1-2H3,(H,25,27)(H,28,29). The van der Waals surface area contributed by atoms with E-state index < -0.39 is 12.0 Å². The number of hydrogen-bond acceptors (Lipinski definition) is 4. The van der Waals surface area contributed by atoms with Crippen molar-refractivity contribution in [2.45, 2.75) is 26.3 Å². The van der Waals surface area contributed by atoms with E-state index in [0.717, 1.165) is 22.5 Å². The molecular weight excluding hydrogens is 366 g/mol. The number of para-hydroxylation sites is 1. The highest BCUT2D eigenvalue weighted by Gasteiger charge is 2.24. The first-order valence-electron chi connectivity index (χ1n) is 9.92. The van der Waals surface area contributed by atoms with Crippen molar-refractivity contribution in [2.75, 3.05) is 24.5 Å². The number of nitrogens with zero attached hydrogens (tertiary/aromatic N) is 2. The number of rotatable bonds is 7. The summed E-state index contributed by atoms with van der Waals surface area (Å²) in [5.74, 6) is -1.12. The number of hydrogen-bond donors (Lipinski definition) is 2. The van der Waals surface area contributed by atoms with E-state index in [1.165, 1.54) is 0 Å². The van der Waals surface area contributed by atoms with Crippen molar-refractivity contribution in [3.05, 3.63) is 65.7 Å². The van der Waals surface area contributed by atoms with Crippen molar-refractivity contribution in [1.82, 2.24) is 5.32 Å². The summed E-state index contributed by atoms with van der Waals surface area (Å²) in [6.07, 6.45) is 0.402. The number of amides is 1. The highest BCUT2D eigenvalue weighted by Crippen LogP contribution is 2.26. The highest BCUT2D eigenvalue weighted by atomic mass is 16.4. The number of carbonyl (C=O) groups excluding carboxylic acids is 1. The molecule has 1 heterocycles. The molecule has 1 amide bonds. The van der Waals surface area contributed by atoms with Gasteiger partial charge in [-0.2, -0.15) is 0 Å². The number of nitrogens with one attached hydrogen (secondary N) is 1. The van der Waals surface area contributed by atoms with E-state index in [2.05, 4.69) is 5.32 Å². The molecule has 3 rings (SSSR count). The Morgan fingerprint density at radius 1 is 1.10 bits per heavy atom. The van der Waals surface area contributed by atoms with Gasteiger partial charge in [0.1, 0.15) is 6.04 Å². The molecule has 1 aliphatic rings. The molecular formula is C23H27N3O3. The van der Waals surface area contributed by atoms with Gasteiger partial charge in [0.2, 0.25) is 5.91 Å². The molecule has 2 aromatic rings. The first kappa shape index (κ1) is 20.6. The molecule has 0 fully saturated rings. The van der Waals surface area contributed by atoms with Crippen LogP contribution < -0.4 is 10.2 Å². The van der Waals surface area contributed by atoms with Crippen molar-refractivity contribution >= 4 is 23.3 Å². The van der Waals surface area contributed by atoms with Crippen LogP contribution in [0.2, 0.25) is 0 Å². The van der Waals surface area contributed by atoms with Crippen LogP contribution in [-0.2, 0) is 9.59 Å². The van der Waals surface area contributed by atoms with Crippen LogP contribution in [0, 0.1) is 5.92 Å². The molecule has 0 aromatic heterocycles. The second kappa shape index (κ2) is 9.37. The van der Waals surface area contributed by atoms with Gasteiger partial charge in [0.25, 0.3) is 0 Å². The average Bonchev–Trinajstić information content (AvgIpc) is 2.87. The van der Waals surface area contributed by atoms with Gasteiger partial charge in [-0.3, -0.25) is 9.79 Å². The Kier molecular flexibility index (Phi) is 6.65. The minimum atomic E-state index is -1.00. The number of carboxylic acids is 1. The van der Waals surface area contributed by atoms with Gasteiger partial charge in [0.15, 0.2) is 0 Å². The fourth-order valence-electron chi connectivity index (χ4n) is 3.55. The van der Waals surface area contributed by atoms with Crippen LogP contribution in [0.15, 0.2) is 59.6 Å². The van der Waals surface area contributed by atoms with Crippen LogP contribution in [0.3, 0.4) is 0 Å². The van der Waals surface area contributed by atoms with Crippen LogP contribution in [0.25, 0.3) is 0 Å². The Balaban J connectivity index is 1.80. The molecule has 0 saturated carbocycles. The molecule has 1 unspecified atom stereocenters. The normalized spacial score (nSPS) is 14.6. The van der Waals surface area contributed by atoms with Crippen LogP contribution >= 0.6 is 0 Å². The van der Waals surface area contributed by atoms with E-state index >= 15 is 0 Å². The lowest BCUT2D eigenvalue weighted by Crippen LogP contribution is -2.46. The molecule has 0 spiro atoms. The van der Waals surface area contributed by atoms with Crippen LogP contribution in [0.5, 0.6) is 0 Å². The number of benzodiazepines with no additional fused rings is 1. The van der Waals surface area contributed by atoms with E-state index in [1.807, 2.05) is 73.3 Å². The second-order valence-corrected chi connectivity index (χ2v) is 7.62. The Labute approximate surface area is 171 Å². The fraction of sp³-hybridized carbons (Fsp3) is 0.348. The molecule has 0 aliphatic carbocycles. The molecule has 1 aliphatic heterocycles. The fourth-order valence-corrected chi connectivity index (χ4v) is 3.55. The quantitative estimate of drug-likeness (QED) is 0.758. The molecule has 0 bridgehead atoms. The summed E-state index contributed by atoms with van der Waals surface area (Å²) in [6.45, 7) is 5.12. The van der Waals surface area contributed by atoms with E-state index in [9.17, 15) is 14.7 Å². The van der Waals surface area contributed by atoms with E-state index in [-0.39, 0.29) is 18.4 Å². The highest BCUT2D eigenvalue weighted by molar-refractivity contribution is 6.16. The largest absolute Gasteiger partial charge is 0.480 e. The monoisotopic (exact) mass is 393 g/mol. The molecule has 2 aromatic carbocycles. The smallest absolute Gasteiger partial charge is 0.326 e. The summed E-state index contributed by atoms with van der Waals surface area (Å²) < 4.78 is 0. The van der Waals surface area contributed by atoms with Gasteiger partial charge in [0, 0.05) is 23.4 Å². The van der Waals surface area contributed by atoms with Crippen LogP contribution in [-0.4, -0.2) is 48.4 Å². The summed E-state index contributed by atoms with van der Waals surface area (Å²) in [7, 11) is 0. The third-order valence-corrected chi connectivity index (χ3v) is 4.86. The van der Waals surface area contributed by atoms with Gasteiger partial charge >= 0.3 is 5.97 Å². The summed E-state index contributed by atoms with van der Waals surface area (Å²) in [6, 6.07) is 17.0. The molecule has 152 valence electrons. The average molecular weight is 393 g/mol. The van der Waals surface area contributed by atoms with Crippen molar-refractivity contribution in [1.29, 1.82) is 0 Å². The molecule has 1 atom stereocenters. The lowest BCUT2D eigenvalue weighted by Gasteiger charge is -2.25. The molecule has 0 saturated heterocycles. The maximum Gasteiger partial charge on any atom is 0.326 e. The van der Waals surface area contributed by atoms with Gasteiger partial charge in [-0.05, 0) is 18.4 Å². The Bertz CT molecular complexity index is 893. The van der Waals surface area contributed by atoms with Gasteiger partial charge in [-0.1, -0.05) is 62.4 Å². The van der Waals surface area contributed by atoms with E-state index in [0.29, 0.717) is 19.5 Å². The zero-order chi connectivity index (χ0) is 20.8. The third kappa shape index (κ3) is 5.22. The molecule has 2 N–H and O–H groups in total. The van der Waals surface area contributed by atoms with Crippen LogP contribution in [0.4, 0.5) is 5.69 Å². The van der Waals surface area contributed by atoms with Crippen molar-refractivity contribution in [3.8, 4) is 0 Å². The molecule has 6 nitrogen and oxygen atoms in total. The third-order valence-electron chi connectivity index (χ3n) is 4.86. The molecule has 29 heavy (non-hydrogen) atoms. The number of carboxylic acid groups (broad SMARTS) is 1. The maximum atomic E-state index is 12.6. The maximum absolute atomic E-state index is 12.6. The van der Waals surface area contributed by atoms with Crippen molar-refractivity contribution in [2.24, 2.45) is 10.9 Å². The Morgan fingerprint density at radius 3 is 2.48 bits per heavy atom. The topological polar surface area (TPSA) is 82.0 Å². The van der Waals surface area contributed by atoms with Crippen molar-refractivity contribution < 1.29 is 14.7 Å². The SMILES string of the molecule is CC(C)CC(NC(=O)CN1CCN=C(c2ccccc2)c2ccccc21)C(=O)O. The Morgan fingerprint density at radius 2 is 1.79 bits per heavy atom. The van der Waals surface area contributed by atoms with Crippen LogP contribution in [0.1, 0.15) is 31.4 Å². The van der Waals surface area contributed by atoms with Gasteiger partial charge in [-0.15, -0.1) is 0 Å². The van der Waals surface area contributed by atoms with Gasteiger partial charge < -0.3 is 15.3 Å². The first-order valence-corrected chi connectivity index (χ1v) is 9.92. The van der Waals surface area contributed by atoms with Gasteiger partial charge in [-0.25, -0.2) is 4.79 Å². The molecule has 0 radical (unpaired) electrons. The van der Waals surface area contributed by atoms with E-state index in [1.54, 1.807) is 0 Å². The lowest BCUT2D eigenvalue weighted by molar-refractivity contribution is -0.142. The summed E-state index contributed by atoms with van der Waals surface area (Å²) >= 11 is 0. The molecule has 6 heteroatoms. The number of aliphatic imine (C=N–C) groups is 1. The predicted octanol–water partition coefficient (Wildman–Crippen LogP) is 2.96. The Hall–Kier alpha value is -3.15. The number of benzene rings is 2. The first-order chi connectivity index (χ1) is 14.0. The minimum absolute atomic E-state index is 0.0937. The summed E-state index contributed by atoms with van der Waals surface area (Å²) in [4.78, 5) is 30.8. The number of aliphatic carboxylic acids is 1. The number of carbonyl (C=O) groups is 2. The summed E-state index contributed by atoms with van der Waals surface area (Å²) in [5.41, 5.74) is 3.85. The minimum Gasteiger partial charge on any atom is -0.480 e. The number of anilines is 1. The number of fused-ring (bicyclic) bond motifs is 1. The lowest BCUT2D eigenvalue weighted by atomic mass is 10.0. The van der Waals surface area contributed by atoms with Crippen molar-refractivity contribution in [3.63, 3.8) is 0 Å².